The van der Waals surface area contributed by atoms with Crippen molar-refractivity contribution in [2.45, 2.75) is 18.8 Å². The fourth-order valence-electron chi connectivity index (χ4n) is 3.27. The van der Waals surface area contributed by atoms with Gasteiger partial charge in [-0.3, -0.25) is 30.3 Å². The molecule has 3 aromatic rings. The number of carbonyl (C=O) groups is 3. The van der Waals surface area contributed by atoms with Gasteiger partial charge in [-0.15, -0.1) is 0 Å². The number of non-ortho nitro benzene ring substituents is 1. The number of urea groups is 1. The molecule has 1 atom stereocenters. The van der Waals surface area contributed by atoms with Gasteiger partial charge in [0.25, 0.3) is 11.6 Å². The highest BCUT2D eigenvalue weighted by Crippen LogP contribution is 2.32. The molecular weight excluding hydrogens is 406 g/mol. The number of fused-ring (bicyclic) bond motifs is 1. The van der Waals surface area contributed by atoms with Crippen LogP contribution in [0.3, 0.4) is 0 Å². The number of aromatic nitrogens is 2. The molecular formula is C20H15N5O6. The fraction of sp³-hybridized carbons (Fsp3) is 0.150. The summed E-state index contributed by atoms with van der Waals surface area (Å²) in [6.07, 6.45) is 3.60. The number of amides is 3. The van der Waals surface area contributed by atoms with Crippen molar-refractivity contribution in [1.82, 2.24) is 15.3 Å². The number of hydrogen-bond acceptors (Lipinski definition) is 8. The maximum Gasteiger partial charge on any atom is 0.328 e. The van der Waals surface area contributed by atoms with Crippen LogP contribution < -0.4 is 10.6 Å². The van der Waals surface area contributed by atoms with E-state index in [9.17, 15) is 24.5 Å². The summed E-state index contributed by atoms with van der Waals surface area (Å²) in [6.45, 7) is 0. The highest BCUT2D eigenvalue weighted by Gasteiger charge is 2.29. The maximum absolute atomic E-state index is 12.4. The summed E-state index contributed by atoms with van der Waals surface area (Å²) in [6, 6.07) is 7.44. The second kappa shape index (κ2) is 8.14. The van der Waals surface area contributed by atoms with Gasteiger partial charge in [0.2, 0.25) is 5.95 Å². The molecule has 11 heteroatoms. The van der Waals surface area contributed by atoms with E-state index in [4.69, 9.17) is 4.42 Å². The summed E-state index contributed by atoms with van der Waals surface area (Å²) < 4.78 is 5.39. The number of anilines is 1. The van der Waals surface area contributed by atoms with Gasteiger partial charge in [-0.2, -0.15) is 0 Å². The lowest BCUT2D eigenvalue weighted by Crippen LogP contribution is -2.35. The minimum atomic E-state index is -0.881. The number of nitro groups is 1. The Labute approximate surface area is 174 Å². The molecule has 31 heavy (non-hydrogen) atoms. The Hall–Kier alpha value is -4.41. The molecule has 0 bridgehead atoms. The van der Waals surface area contributed by atoms with Crippen LogP contribution in [0.15, 0.2) is 53.3 Å². The van der Waals surface area contributed by atoms with E-state index >= 15 is 0 Å². The summed E-state index contributed by atoms with van der Waals surface area (Å²) >= 11 is 0. The van der Waals surface area contributed by atoms with Gasteiger partial charge >= 0.3 is 6.03 Å². The van der Waals surface area contributed by atoms with Crippen LogP contribution in [0.2, 0.25) is 0 Å². The van der Waals surface area contributed by atoms with Gasteiger partial charge in [-0.1, -0.05) is 0 Å². The number of nitro benzene ring substituents is 1. The van der Waals surface area contributed by atoms with Crippen molar-refractivity contribution in [3.63, 3.8) is 0 Å². The van der Waals surface area contributed by atoms with Crippen molar-refractivity contribution in [3.8, 4) is 0 Å². The molecule has 1 aliphatic rings. The van der Waals surface area contributed by atoms with Crippen molar-refractivity contribution in [2.24, 2.45) is 0 Å². The summed E-state index contributed by atoms with van der Waals surface area (Å²) in [7, 11) is 0. The molecule has 3 amide bonds. The zero-order valence-electron chi connectivity index (χ0n) is 15.9. The Morgan fingerprint density at radius 1 is 1.16 bits per heavy atom. The SMILES string of the molecule is O=C(NC(=O)c1ccc([N+](=O)[O-])cc1)Nc1ncc2c(n1)C[C@@H](c1ccco1)CC2=O. The molecule has 0 unspecified atom stereocenters. The van der Waals surface area contributed by atoms with Crippen LogP contribution in [0.1, 0.15) is 44.5 Å². The van der Waals surface area contributed by atoms with Crippen molar-refractivity contribution >= 4 is 29.4 Å². The number of benzene rings is 1. The number of hydrogen-bond donors (Lipinski definition) is 2. The number of carbonyl (C=O) groups excluding carboxylic acids is 3. The number of rotatable bonds is 4. The molecule has 0 saturated heterocycles. The number of furan rings is 1. The lowest BCUT2D eigenvalue weighted by Gasteiger charge is -2.21. The van der Waals surface area contributed by atoms with Gasteiger partial charge in [0.05, 0.1) is 22.4 Å². The Morgan fingerprint density at radius 2 is 1.94 bits per heavy atom. The second-order valence-electron chi connectivity index (χ2n) is 6.81. The normalized spacial score (nSPS) is 15.1. The Kier molecular flexibility index (Phi) is 5.22. The van der Waals surface area contributed by atoms with Gasteiger partial charge in [-0.25, -0.2) is 14.8 Å². The predicted octanol–water partition coefficient (Wildman–Crippen LogP) is 2.85. The quantitative estimate of drug-likeness (QED) is 0.481. The Balaban J connectivity index is 1.43. The van der Waals surface area contributed by atoms with Crippen LogP contribution in [0, 0.1) is 10.1 Å². The first-order valence-electron chi connectivity index (χ1n) is 9.20. The monoisotopic (exact) mass is 421 g/mol. The van der Waals surface area contributed by atoms with E-state index in [1.54, 1.807) is 12.1 Å². The molecule has 0 fully saturated rings. The largest absolute Gasteiger partial charge is 0.469 e. The topological polar surface area (TPSA) is 157 Å². The highest BCUT2D eigenvalue weighted by atomic mass is 16.6. The third-order valence-electron chi connectivity index (χ3n) is 4.78. The maximum atomic E-state index is 12.4. The minimum Gasteiger partial charge on any atom is -0.469 e. The number of ketones is 1. The van der Waals surface area contributed by atoms with Gasteiger partial charge in [0.1, 0.15) is 5.76 Å². The molecule has 0 saturated carbocycles. The molecule has 1 aliphatic carbocycles. The molecule has 2 aromatic heterocycles. The fourth-order valence-corrected chi connectivity index (χ4v) is 3.27. The number of nitrogens with zero attached hydrogens (tertiary/aromatic N) is 3. The van der Waals surface area contributed by atoms with Gasteiger partial charge < -0.3 is 4.42 Å². The first-order chi connectivity index (χ1) is 14.9. The second-order valence-corrected chi connectivity index (χ2v) is 6.81. The predicted molar refractivity (Wildman–Crippen MR) is 106 cm³/mol. The van der Waals surface area contributed by atoms with Crippen molar-refractivity contribution in [2.75, 3.05) is 5.32 Å². The summed E-state index contributed by atoms with van der Waals surface area (Å²) in [5.74, 6) is -0.417. The minimum absolute atomic E-state index is 0.0685. The molecule has 11 nitrogen and oxygen atoms in total. The van der Waals surface area contributed by atoms with E-state index in [0.717, 1.165) is 12.1 Å². The lowest BCUT2D eigenvalue weighted by molar-refractivity contribution is -0.384. The third kappa shape index (κ3) is 4.29. The zero-order valence-corrected chi connectivity index (χ0v) is 15.9. The van der Waals surface area contributed by atoms with E-state index in [-0.39, 0.29) is 35.3 Å². The number of nitrogens with one attached hydrogen (secondary N) is 2. The van der Waals surface area contributed by atoms with Gasteiger partial charge in [0.15, 0.2) is 5.78 Å². The Bertz CT molecular complexity index is 1170. The van der Waals surface area contributed by atoms with E-state index in [2.05, 4.69) is 20.6 Å². The molecule has 1 aromatic carbocycles. The van der Waals surface area contributed by atoms with Crippen molar-refractivity contribution < 1.29 is 23.7 Å². The molecule has 156 valence electrons. The highest BCUT2D eigenvalue weighted by molar-refractivity contribution is 6.07. The first kappa shape index (κ1) is 19.9. The number of imide groups is 1. The van der Waals surface area contributed by atoms with E-state index < -0.39 is 16.9 Å². The molecule has 2 heterocycles. The summed E-state index contributed by atoms with van der Waals surface area (Å²) in [5.41, 5.74) is 0.755. The summed E-state index contributed by atoms with van der Waals surface area (Å²) in [4.78, 5) is 55.0. The smallest absolute Gasteiger partial charge is 0.328 e. The van der Waals surface area contributed by atoms with Crippen LogP contribution in [-0.2, 0) is 6.42 Å². The van der Waals surface area contributed by atoms with Gasteiger partial charge in [0, 0.05) is 42.7 Å². The summed E-state index contributed by atoms with van der Waals surface area (Å²) in [5, 5.41) is 15.1. The van der Waals surface area contributed by atoms with Crippen LogP contribution >= 0.6 is 0 Å². The van der Waals surface area contributed by atoms with Crippen LogP contribution in [0.5, 0.6) is 0 Å². The lowest BCUT2D eigenvalue weighted by atomic mass is 9.85. The average molecular weight is 421 g/mol. The van der Waals surface area contributed by atoms with E-state index in [1.165, 1.54) is 24.6 Å². The standard InChI is InChI=1S/C20H15N5O6/c26-16-9-12(17-2-1-7-31-17)8-15-14(16)10-21-19(22-15)24-20(28)23-18(27)11-3-5-13(6-4-11)25(29)30/h1-7,10,12H,8-9H2,(H2,21,22,23,24,27,28)/t12-/m1/s1. The molecule has 0 aliphatic heterocycles. The van der Waals surface area contributed by atoms with E-state index in [1.807, 2.05) is 0 Å². The zero-order chi connectivity index (χ0) is 22.0. The van der Waals surface area contributed by atoms with E-state index in [0.29, 0.717) is 23.4 Å². The molecule has 2 N–H and O–H groups in total. The first-order valence-corrected chi connectivity index (χ1v) is 9.20. The van der Waals surface area contributed by atoms with Crippen LogP contribution in [0.4, 0.5) is 16.4 Å². The molecule has 0 spiro atoms. The van der Waals surface area contributed by atoms with Gasteiger partial charge in [-0.05, 0) is 24.3 Å². The van der Waals surface area contributed by atoms with Crippen molar-refractivity contribution in [3.05, 3.63) is 81.6 Å². The third-order valence-corrected chi connectivity index (χ3v) is 4.78. The van der Waals surface area contributed by atoms with Crippen LogP contribution in [0.25, 0.3) is 0 Å². The number of Topliss-reactive ketones (excluding diaryl/α,β-unsaturated/α-hetero) is 1. The Morgan fingerprint density at radius 3 is 2.61 bits per heavy atom. The van der Waals surface area contributed by atoms with Crippen molar-refractivity contribution in [1.29, 1.82) is 0 Å². The molecule has 0 radical (unpaired) electrons. The molecule has 4 rings (SSSR count). The van der Waals surface area contributed by atoms with Crippen LogP contribution in [-0.4, -0.2) is 32.6 Å². The average Bonchev–Trinajstić information content (AvgIpc) is 3.28.